The number of nitrogens with one attached hydrogen (secondary N) is 1. The molecular formula is C14H12F2N. The quantitative estimate of drug-likeness (QED) is 0.853. The van der Waals surface area contributed by atoms with Crippen LogP contribution in [-0.2, 0) is 6.54 Å². The zero-order chi connectivity index (χ0) is 12.1. The molecule has 0 aliphatic carbocycles. The monoisotopic (exact) mass is 232 g/mol. The van der Waals surface area contributed by atoms with E-state index >= 15 is 0 Å². The average Bonchev–Trinajstić information content (AvgIpc) is 2.29. The number of rotatable bonds is 4. The summed E-state index contributed by atoms with van der Waals surface area (Å²) < 4.78 is 25.8. The predicted octanol–water partition coefficient (Wildman–Crippen LogP) is 3.26. The molecule has 2 aromatic carbocycles. The summed E-state index contributed by atoms with van der Waals surface area (Å²) in [6.07, 6.45) is 0. The molecule has 0 fully saturated rings. The van der Waals surface area contributed by atoms with Crippen LogP contribution in [0.3, 0.4) is 0 Å². The SMILES string of the molecule is Fc1cc(F)cc(CN[CH]c2ccccc2)c1. The van der Waals surface area contributed by atoms with Gasteiger partial charge in [0.2, 0.25) is 0 Å². The molecule has 0 bridgehead atoms. The van der Waals surface area contributed by atoms with Crippen molar-refractivity contribution >= 4 is 0 Å². The second-order valence-corrected chi connectivity index (χ2v) is 3.71. The molecule has 0 aliphatic heterocycles. The van der Waals surface area contributed by atoms with Crippen molar-refractivity contribution in [1.82, 2.24) is 5.32 Å². The van der Waals surface area contributed by atoms with Gasteiger partial charge in [-0.2, -0.15) is 0 Å². The van der Waals surface area contributed by atoms with Crippen molar-refractivity contribution in [2.75, 3.05) is 0 Å². The molecule has 1 radical (unpaired) electrons. The molecule has 1 N–H and O–H groups in total. The van der Waals surface area contributed by atoms with E-state index in [2.05, 4.69) is 5.32 Å². The maximum Gasteiger partial charge on any atom is 0.126 e. The Morgan fingerprint density at radius 1 is 0.941 bits per heavy atom. The molecular weight excluding hydrogens is 220 g/mol. The fourth-order valence-electron chi connectivity index (χ4n) is 1.55. The van der Waals surface area contributed by atoms with Gasteiger partial charge >= 0.3 is 0 Å². The molecule has 0 aliphatic rings. The first kappa shape index (κ1) is 11.7. The Hall–Kier alpha value is -1.74. The first-order valence-electron chi connectivity index (χ1n) is 5.31. The smallest absolute Gasteiger partial charge is 0.126 e. The second-order valence-electron chi connectivity index (χ2n) is 3.71. The van der Waals surface area contributed by atoms with Gasteiger partial charge in [-0.3, -0.25) is 0 Å². The Bertz CT molecular complexity index is 463. The molecule has 0 spiro atoms. The molecule has 0 atom stereocenters. The molecule has 1 nitrogen and oxygen atoms in total. The van der Waals surface area contributed by atoms with E-state index in [0.29, 0.717) is 12.1 Å². The Labute approximate surface area is 99.1 Å². The van der Waals surface area contributed by atoms with Crippen molar-refractivity contribution in [2.24, 2.45) is 0 Å². The highest BCUT2D eigenvalue weighted by atomic mass is 19.1. The molecule has 0 aromatic heterocycles. The van der Waals surface area contributed by atoms with E-state index in [0.717, 1.165) is 11.6 Å². The minimum absolute atomic E-state index is 0.392. The van der Waals surface area contributed by atoms with E-state index in [1.165, 1.54) is 12.1 Å². The van der Waals surface area contributed by atoms with Crippen LogP contribution in [0.1, 0.15) is 11.1 Å². The first-order chi connectivity index (χ1) is 8.24. The lowest BCUT2D eigenvalue weighted by molar-refractivity contribution is 0.578. The summed E-state index contributed by atoms with van der Waals surface area (Å²) in [6.45, 7) is 2.20. The van der Waals surface area contributed by atoms with Crippen molar-refractivity contribution in [3.05, 3.63) is 77.8 Å². The summed E-state index contributed by atoms with van der Waals surface area (Å²) in [5, 5.41) is 3.01. The van der Waals surface area contributed by atoms with E-state index in [1.807, 2.05) is 36.9 Å². The highest BCUT2D eigenvalue weighted by molar-refractivity contribution is 5.23. The summed E-state index contributed by atoms with van der Waals surface area (Å²) in [7, 11) is 0. The van der Waals surface area contributed by atoms with Crippen LogP contribution < -0.4 is 5.32 Å². The van der Waals surface area contributed by atoms with Gasteiger partial charge in [0, 0.05) is 12.6 Å². The van der Waals surface area contributed by atoms with Crippen molar-refractivity contribution in [3.8, 4) is 0 Å². The largest absolute Gasteiger partial charge is 0.304 e. The highest BCUT2D eigenvalue weighted by Crippen LogP contribution is 2.08. The third-order valence-corrected chi connectivity index (χ3v) is 2.30. The highest BCUT2D eigenvalue weighted by Gasteiger charge is 2.00. The molecule has 87 valence electrons. The fraction of sp³-hybridized carbons (Fsp3) is 0.0714. The van der Waals surface area contributed by atoms with Gasteiger partial charge in [-0.25, -0.2) is 8.78 Å². The number of hydrogen-bond acceptors (Lipinski definition) is 1. The molecule has 3 heteroatoms. The van der Waals surface area contributed by atoms with Gasteiger partial charge in [0.15, 0.2) is 0 Å². The van der Waals surface area contributed by atoms with Gasteiger partial charge in [-0.1, -0.05) is 30.3 Å². The van der Waals surface area contributed by atoms with Crippen LogP contribution in [0, 0.1) is 18.2 Å². The molecule has 17 heavy (non-hydrogen) atoms. The summed E-state index contributed by atoms with van der Waals surface area (Å²) in [5.74, 6) is -1.11. The number of benzene rings is 2. The fourth-order valence-corrected chi connectivity index (χ4v) is 1.55. The Morgan fingerprint density at radius 3 is 2.24 bits per heavy atom. The lowest BCUT2D eigenvalue weighted by Crippen LogP contribution is -2.10. The standard InChI is InChI=1S/C14H12F2N/c15-13-6-12(7-14(16)8-13)10-17-9-11-4-2-1-3-5-11/h1-9,17H,10H2. The zero-order valence-electron chi connectivity index (χ0n) is 9.16. The van der Waals surface area contributed by atoms with Crippen LogP contribution in [0.2, 0.25) is 0 Å². The lowest BCUT2D eigenvalue weighted by atomic mass is 10.2. The van der Waals surface area contributed by atoms with Crippen LogP contribution in [0.5, 0.6) is 0 Å². The Morgan fingerprint density at radius 2 is 1.59 bits per heavy atom. The van der Waals surface area contributed by atoms with E-state index in [-0.39, 0.29) is 0 Å². The Kier molecular flexibility index (Phi) is 3.83. The topological polar surface area (TPSA) is 12.0 Å². The second kappa shape index (κ2) is 5.55. The van der Waals surface area contributed by atoms with Crippen LogP contribution in [0.15, 0.2) is 48.5 Å². The van der Waals surface area contributed by atoms with E-state index < -0.39 is 11.6 Å². The van der Waals surface area contributed by atoms with Crippen molar-refractivity contribution in [1.29, 1.82) is 0 Å². The summed E-state index contributed by atoms with van der Waals surface area (Å²) in [6, 6.07) is 13.2. The summed E-state index contributed by atoms with van der Waals surface area (Å²) in [5.41, 5.74) is 1.60. The van der Waals surface area contributed by atoms with E-state index in [4.69, 9.17) is 0 Å². The van der Waals surface area contributed by atoms with Crippen LogP contribution >= 0.6 is 0 Å². The Balaban J connectivity index is 1.90. The zero-order valence-corrected chi connectivity index (χ0v) is 9.16. The van der Waals surface area contributed by atoms with Gasteiger partial charge in [-0.15, -0.1) is 0 Å². The van der Waals surface area contributed by atoms with Crippen molar-refractivity contribution in [2.45, 2.75) is 6.54 Å². The minimum Gasteiger partial charge on any atom is -0.304 e. The van der Waals surface area contributed by atoms with Gasteiger partial charge in [-0.05, 0) is 23.3 Å². The van der Waals surface area contributed by atoms with Gasteiger partial charge in [0.05, 0.1) is 6.54 Å². The summed E-state index contributed by atoms with van der Waals surface area (Å²) in [4.78, 5) is 0. The van der Waals surface area contributed by atoms with E-state index in [1.54, 1.807) is 0 Å². The normalized spacial score (nSPS) is 10.5. The van der Waals surface area contributed by atoms with Crippen LogP contribution in [-0.4, -0.2) is 0 Å². The molecule has 0 heterocycles. The summed E-state index contributed by atoms with van der Waals surface area (Å²) >= 11 is 0. The third-order valence-electron chi connectivity index (χ3n) is 2.30. The van der Waals surface area contributed by atoms with Gasteiger partial charge in [0.25, 0.3) is 0 Å². The molecule has 2 rings (SSSR count). The van der Waals surface area contributed by atoms with Crippen molar-refractivity contribution in [3.63, 3.8) is 0 Å². The molecule has 0 amide bonds. The first-order valence-corrected chi connectivity index (χ1v) is 5.31. The average molecular weight is 232 g/mol. The van der Waals surface area contributed by atoms with Crippen molar-refractivity contribution < 1.29 is 8.78 Å². The lowest BCUT2D eigenvalue weighted by Gasteiger charge is -2.05. The van der Waals surface area contributed by atoms with Crippen LogP contribution in [0.4, 0.5) is 8.78 Å². The van der Waals surface area contributed by atoms with Gasteiger partial charge in [0.1, 0.15) is 11.6 Å². The number of halogens is 2. The molecule has 0 saturated carbocycles. The molecule has 2 aromatic rings. The van der Waals surface area contributed by atoms with Crippen LogP contribution in [0.25, 0.3) is 0 Å². The predicted molar refractivity (Wildman–Crippen MR) is 63.0 cm³/mol. The number of hydrogen-bond donors (Lipinski definition) is 1. The third kappa shape index (κ3) is 3.64. The molecule has 0 unspecified atom stereocenters. The minimum atomic E-state index is -0.554. The van der Waals surface area contributed by atoms with E-state index in [9.17, 15) is 8.78 Å². The maximum absolute atomic E-state index is 12.9. The molecule has 0 saturated heterocycles. The van der Waals surface area contributed by atoms with Gasteiger partial charge < -0.3 is 5.32 Å². The maximum atomic E-state index is 12.9.